The molecule has 172 valence electrons. The number of hydrogen-bond donors (Lipinski definition) is 1. The van der Waals surface area contributed by atoms with E-state index < -0.39 is 6.61 Å². The molecule has 1 aromatic carbocycles. The first kappa shape index (κ1) is 23.2. The van der Waals surface area contributed by atoms with Crippen molar-refractivity contribution in [2.75, 3.05) is 11.1 Å². The van der Waals surface area contributed by atoms with Crippen LogP contribution in [0.15, 0.2) is 29.4 Å². The second kappa shape index (κ2) is 9.89. The van der Waals surface area contributed by atoms with Gasteiger partial charge < -0.3 is 14.6 Å². The van der Waals surface area contributed by atoms with Gasteiger partial charge in [-0.1, -0.05) is 18.7 Å². The van der Waals surface area contributed by atoms with Crippen LogP contribution in [0.25, 0.3) is 11.4 Å². The third kappa shape index (κ3) is 5.17. The number of ether oxygens (including phenoxy) is 1. The van der Waals surface area contributed by atoms with Gasteiger partial charge in [0.15, 0.2) is 11.0 Å². The molecule has 2 aromatic heterocycles. The number of nitriles is 1. The van der Waals surface area contributed by atoms with Gasteiger partial charge in [-0.25, -0.2) is 0 Å². The van der Waals surface area contributed by atoms with Crippen molar-refractivity contribution in [2.24, 2.45) is 13.0 Å². The zero-order valence-electron chi connectivity index (χ0n) is 18.0. The quantitative estimate of drug-likeness (QED) is 0.476. The predicted octanol–water partition coefficient (Wildman–Crippen LogP) is 4.87. The van der Waals surface area contributed by atoms with Gasteiger partial charge in [0.25, 0.3) is 0 Å². The number of benzene rings is 1. The summed E-state index contributed by atoms with van der Waals surface area (Å²) in [6, 6.07) is 8.36. The van der Waals surface area contributed by atoms with Crippen LogP contribution in [0.2, 0.25) is 0 Å². The molecule has 0 radical (unpaired) electrons. The summed E-state index contributed by atoms with van der Waals surface area (Å²) in [6.07, 6.45) is 2.87. The number of thiophene rings is 1. The lowest BCUT2D eigenvalue weighted by molar-refractivity contribution is -0.113. The van der Waals surface area contributed by atoms with Crippen molar-refractivity contribution in [3.63, 3.8) is 0 Å². The Balaban J connectivity index is 1.40. The number of carbonyl (C=O) groups is 1. The van der Waals surface area contributed by atoms with E-state index in [-0.39, 0.29) is 17.4 Å². The number of anilines is 1. The van der Waals surface area contributed by atoms with Crippen LogP contribution in [-0.2, 0) is 24.7 Å². The number of halogens is 2. The zero-order chi connectivity index (χ0) is 23.5. The lowest BCUT2D eigenvalue weighted by Gasteiger charge is -2.17. The van der Waals surface area contributed by atoms with E-state index >= 15 is 0 Å². The third-order valence-electron chi connectivity index (χ3n) is 5.38. The summed E-state index contributed by atoms with van der Waals surface area (Å²) in [7, 11) is 1.77. The van der Waals surface area contributed by atoms with Crippen molar-refractivity contribution in [1.29, 1.82) is 5.26 Å². The van der Waals surface area contributed by atoms with E-state index in [1.807, 2.05) is 0 Å². The highest BCUT2D eigenvalue weighted by Gasteiger charge is 2.25. The van der Waals surface area contributed by atoms with Gasteiger partial charge in [-0.3, -0.25) is 4.79 Å². The van der Waals surface area contributed by atoms with Crippen LogP contribution in [0.4, 0.5) is 13.8 Å². The Kier molecular flexibility index (Phi) is 6.95. The second-order valence-corrected chi connectivity index (χ2v) is 9.82. The number of nitrogens with one attached hydrogen (secondary N) is 1. The minimum absolute atomic E-state index is 0.0589. The first-order valence-corrected chi connectivity index (χ1v) is 12.1. The number of hydrogen-bond acceptors (Lipinski definition) is 7. The Bertz CT molecular complexity index is 1200. The molecule has 3 aromatic rings. The summed E-state index contributed by atoms with van der Waals surface area (Å²) in [6.45, 7) is -0.683. The second-order valence-electron chi connectivity index (χ2n) is 7.77. The van der Waals surface area contributed by atoms with Crippen LogP contribution in [0, 0.1) is 17.2 Å². The summed E-state index contributed by atoms with van der Waals surface area (Å²) in [5, 5.41) is 21.9. The largest absolute Gasteiger partial charge is 0.435 e. The molecule has 1 N–H and O–H groups in total. The molecular weight excluding hydrogens is 468 g/mol. The number of thioether (sulfide) groups is 1. The number of nitrogens with zero attached hydrogens (tertiary/aromatic N) is 4. The molecule has 1 aliphatic rings. The molecule has 0 bridgehead atoms. The SMILES string of the molecule is CC1CCc2c(sc(NC(=O)CSc3nnc(-c4ccc(OC(F)F)cc4)n3C)c2C#N)C1. The molecular formula is C22H21F2N5O2S2. The molecule has 0 aliphatic heterocycles. The summed E-state index contributed by atoms with van der Waals surface area (Å²) in [5.41, 5.74) is 2.34. The van der Waals surface area contributed by atoms with E-state index in [4.69, 9.17) is 0 Å². The summed E-state index contributed by atoms with van der Waals surface area (Å²) >= 11 is 2.72. The predicted molar refractivity (Wildman–Crippen MR) is 123 cm³/mol. The molecule has 11 heteroatoms. The normalized spacial score (nSPS) is 15.2. The van der Waals surface area contributed by atoms with Crippen molar-refractivity contribution < 1.29 is 18.3 Å². The highest BCUT2D eigenvalue weighted by Crippen LogP contribution is 2.39. The number of carbonyl (C=O) groups excluding carboxylic acids is 1. The Morgan fingerprint density at radius 1 is 1.39 bits per heavy atom. The van der Waals surface area contributed by atoms with Gasteiger partial charge in [-0.05, 0) is 55.0 Å². The van der Waals surface area contributed by atoms with Crippen molar-refractivity contribution >= 4 is 34.0 Å². The standard InChI is InChI=1S/C22H21F2N5O2S2/c1-12-3-8-15-16(10-25)20(33-17(15)9-12)26-18(30)11-32-22-28-27-19(29(22)2)13-4-6-14(7-5-13)31-21(23)24/h4-7,12,21H,3,8-9,11H2,1-2H3,(H,26,30). The van der Waals surface area contributed by atoms with Crippen molar-refractivity contribution in [2.45, 2.75) is 38.0 Å². The monoisotopic (exact) mass is 489 g/mol. The van der Waals surface area contributed by atoms with Crippen LogP contribution < -0.4 is 10.1 Å². The minimum atomic E-state index is -2.88. The average molecular weight is 490 g/mol. The highest BCUT2D eigenvalue weighted by molar-refractivity contribution is 7.99. The molecule has 0 saturated heterocycles. The van der Waals surface area contributed by atoms with E-state index in [0.29, 0.717) is 33.0 Å². The molecule has 0 fully saturated rings. The van der Waals surface area contributed by atoms with Gasteiger partial charge in [-0.2, -0.15) is 14.0 Å². The fourth-order valence-corrected chi connectivity index (χ4v) is 5.82. The first-order chi connectivity index (χ1) is 15.9. The highest BCUT2D eigenvalue weighted by atomic mass is 32.2. The Morgan fingerprint density at radius 2 is 2.15 bits per heavy atom. The van der Waals surface area contributed by atoms with Crippen LogP contribution in [0.5, 0.6) is 5.75 Å². The molecule has 4 rings (SSSR count). The van der Waals surface area contributed by atoms with E-state index in [2.05, 4.69) is 33.2 Å². The molecule has 0 saturated carbocycles. The van der Waals surface area contributed by atoms with Crippen molar-refractivity contribution in [1.82, 2.24) is 14.8 Å². The maximum absolute atomic E-state index is 12.6. The summed E-state index contributed by atoms with van der Waals surface area (Å²) < 4.78 is 30.7. The number of amides is 1. The number of aromatic nitrogens is 3. The maximum atomic E-state index is 12.6. The van der Waals surface area contributed by atoms with Gasteiger partial charge in [0, 0.05) is 17.5 Å². The molecule has 2 heterocycles. The fraction of sp³-hybridized carbons (Fsp3) is 0.364. The molecule has 7 nitrogen and oxygen atoms in total. The van der Waals surface area contributed by atoms with Crippen molar-refractivity contribution in [3.8, 4) is 23.2 Å². The molecule has 1 atom stereocenters. The van der Waals surface area contributed by atoms with E-state index in [9.17, 15) is 18.8 Å². The van der Waals surface area contributed by atoms with E-state index in [0.717, 1.165) is 24.8 Å². The zero-order valence-corrected chi connectivity index (χ0v) is 19.6. The number of alkyl halides is 2. The van der Waals surface area contributed by atoms with Gasteiger partial charge >= 0.3 is 6.61 Å². The topological polar surface area (TPSA) is 92.8 Å². The molecule has 1 unspecified atom stereocenters. The smallest absolute Gasteiger partial charge is 0.387 e. The van der Waals surface area contributed by atoms with Crippen LogP contribution in [-0.4, -0.2) is 33.0 Å². The average Bonchev–Trinajstić information content (AvgIpc) is 3.31. The minimum Gasteiger partial charge on any atom is -0.435 e. The maximum Gasteiger partial charge on any atom is 0.387 e. The van der Waals surface area contributed by atoms with Crippen LogP contribution >= 0.6 is 23.1 Å². The lowest BCUT2D eigenvalue weighted by atomic mass is 9.89. The van der Waals surface area contributed by atoms with E-state index in [1.54, 1.807) is 23.7 Å². The summed E-state index contributed by atoms with van der Waals surface area (Å²) in [4.78, 5) is 13.8. The van der Waals surface area contributed by atoms with Crippen LogP contribution in [0.1, 0.15) is 29.3 Å². The Labute approximate surface area is 197 Å². The fourth-order valence-electron chi connectivity index (χ4n) is 3.73. The lowest BCUT2D eigenvalue weighted by Crippen LogP contribution is -2.14. The van der Waals surface area contributed by atoms with Gasteiger partial charge in [0.2, 0.25) is 5.91 Å². The van der Waals surface area contributed by atoms with Gasteiger partial charge in [0.1, 0.15) is 16.8 Å². The molecule has 1 amide bonds. The Hall–Kier alpha value is -2.97. The Morgan fingerprint density at radius 3 is 2.85 bits per heavy atom. The number of fused-ring (bicyclic) bond motifs is 1. The van der Waals surface area contributed by atoms with Gasteiger partial charge in [0.05, 0.1) is 11.3 Å². The van der Waals surface area contributed by atoms with Crippen LogP contribution in [0.3, 0.4) is 0 Å². The summed E-state index contributed by atoms with van der Waals surface area (Å²) in [5.74, 6) is 1.06. The molecule has 0 spiro atoms. The van der Waals surface area contributed by atoms with Crippen molar-refractivity contribution in [3.05, 3.63) is 40.3 Å². The number of rotatable bonds is 7. The molecule has 1 aliphatic carbocycles. The molecule has 33 heavy (non-hydrogen) atoms. The third-order valence-corrected chi connectivity index (χ3v) is 7.57. The van der Waals surface area contributed by atoms with E-state index in [1.165, 1.54) is 40.1 Å². The van der Waals surface area contributed by atoms with Gasteiger partial charge in [-0.15, -0.1) is 21.5 Å². The first-order valence-electron chi connectivity index (χ1n) is 10.3.